The van der Waals surface area contributed by atoms with E-state index in [9.17, 15) is 0 Å². The second kappa shape index (κ2) is 7.50. The fourth-order valence-corrected chi connectivity index (χ4v) is 3.31. The maximum Gasteiger partial charge on any atom is 0.122 e. The van der Waals surface area contributed by atoms with Crippen LogP contribution in [0.5, 0.6) is 5.75 Å². The molecule has 2 heteroatoms. The molecular formula is C20H35NO. The maximum atomic E-state index is 6.18. The Kier molecular flexibility index (Phi) is 6.49. The molecule has 0 aliphatic heterocycles. The van der Waals surface area contributed by atoms with Crippen LogP contribution < -0.4 is 10.5 Å². The van der Waals surface area contributed by atoms with Gasteiger partial charge in [-0.05, 0) is 54.2 Å². The van der Waals surface area contributed by atoms with Gasteiger partial charge in [0.15, 0.2) is 0 Å². The lowest BCUT2D eigenvalue weighted by atomic mass is 9.72. The predicted octanol–water partition coefficient (Wildman–Crippen LogP) is 5.08. The summed E-state index contributed by atoms with van der Waals surface area (Å²) in [6.07, 6.45) is 3.01. The summed E-state index contributed by atoms with van der Waals surface area (Å²) in [5.74, 6) is 0.988. The van der Waals surface area contributed by atoms with Crippen LogP contribution in [0.15, 0.2) is 18.2 Å². The summed E-state index contributed by atoms with van der Waals surface area (Å²) in [6, 6.07) is 6.85. The highest BCUT2D eigenvalue weighted by atomic mass is 16.5. The van der Waals surface area contributed by atoms with Gasteiger partial charge in [0.05, 0.1) is 6.61 Å². The molecule has 0 heterocycles. The number of hydrogen-bond acceptors (Lipinski definition) is 2. The molecule has 1 aromatic rings. The average Bonchev–Trinajstić information content (AvgIpc) is 2.38. The van der Waals surface area contributed by atoms with Gasteiger partial charge in [-0.3, -0.25) is 0 Å². The van der Waals surface area contributed by atoms with Gasteiger partial charge in [-0.25, -0.2) is 0 Å². The van der Waals surface area contributed by atoms with Crippen molar-refractivity contribution in [2.24, 2.45) is 11.1 Å². The summed E-state index contributed by atoms with van der Waals surface area (Å²) in [7, 11) is 0. The van der Waals surface area contributed by atoms with Gasteiger partial charge in [0.25, 0.3) is 0 Å². The van der Waals surface area contributed by atoms with Crippen LogP contribution in [-0.4, -0.2) is 12.6 Å². The van der Waals surface area contributed by atoms with Crippen molar-refractivity contribution in [2.45, 2.75) is 79.2 Å². The highest BCUT2D eigenvalue weighted by Crippen LogP contribution is 2.38. The van der Waals surface area contributed by atoms with Crippen molar-refractivity contribution in [3.8, 4) is 5.75 Å². The topological polar surface area (TPSA) is 35.2 Å². The molecule has 0 saturated carbocycles. The fraction of sp³-hybridized carbons (Fsp3) is 0.700. The summed E-state index contributed by atoms with van der Waals surface area (Å²) in [6.45, 7) is 16.4. The van der Waals surface area contributed by atoms with Crippen LogP contribution in [-0.2, 0) is 11.8 Å². The van der Waals surface area contributed by atoms with Gasteiger partial charge in [0.1, 0.15) is 5.75 Å². The second-order valence-corrected chi connectivity index (χ2v) is 8.25. The highest BCUT2D eigenvalue weighted by molar-refractivity contribution is 5.40. The molecule has 0 aromatic heterocycles. The number of nitrogens with two attached hydrogens (primary N) is 1. The van der Waals surface area contributed by atoms with Crippen LogP contribution in [0.2, 0.25) is 0 Å². The van der Waals surface area contributed by atoms with E-state index in [0.29, 0.717) is 12.0 Å². The van der Waals surface area contributed by atoms with E-state index in [2.05, 4.69) is 59.7 Å². The minimum absolute atomic E-state index is 0.147. The molecule has 0 aliphatic rings. The number of hydrogen-bond donors (Lipinski definition) is 1. The normalized spacial score (nSPS) is 14.0. The van der Waals surface area contributed by atoms with Gasteiger partial charge < -0.3 is 10.5 Å². The zero-order chi connectivity index (χ0) is 17.0. The van der Waals surface area contributed by atoms with E-state index >= 15 is 0 Å². The van der Waals surface area contributed by atoms with Gasteiger partial charge in [-0.1, -0.05) is 53.7 Å². The quantitative estimate of drug-likeness (QED) is 0.762. The monoisotopic (exact) mass is 305 g/mol. The smallest absolute Gasteiger partial charge is 0.122 e. The molecule has 0 fully saturated rings. The van der Waals surface area contributed by atoms with Crippen LogP contribution in [0.25, 0.3) is 0 Å². The van der Waals surface area contributed by atoms with Crippen molar-refractivity contribution in [3.05, 3.63) is 29.3 Å². The summed E-state index contributed by atoms with van der Waals surface area (Å²) in [4.78, 5) is 0. The van der Waals surface area contributed by atoms with Crippen LogP contribution >= 0.6 is 0 Å². The molecule has 0 bridgehead atoms. The van der Waals surface area contributed by atoms with E-state index < -0.39 is 0 Å². The van der Waals surface area contributed by atoms with E-state index in [4.69, 9.17) is 10.5 Å². The summed E-state index contributed by atoms with van der Waals surface area (Å²) >= 11 is 0. The van der Waals surface area contributed by atoms with Gasteiger partial charge in [-0.15, -0.1) is 0 Å². The zero-order valence-corrected chi connectivity index (χ0v) is 15.6. The van der Waals surface area contributed by atoms with Crippen LogP contribution in [0.1, 0.15) is 72.4 Å². The molecule has 2 nitrogen and oxygen atoms in total. The molecule has 126 valence electrons. The van der Waals surface area contributed by atoms with Gasteiger partial charge >= 0.3 is 0 Å². The van der Waals surface area contributed by atoms with Gasteiger partial charge in [-0.2, -0.15) is 0 Å². The molecule has 0 amide bonds. The lowest BCUT2D eigenvalue weighted by Crippen LogP contribution is -2.26. The van der Waals surface area contributed by atoms with E-state index in [1.165, 1.54) is 11.1 Å². The highest BCUT2D eigenvalue weighted by Gasteiger charge is 2.28. The summed E-state index contributed by atoms with van der Waals surface area (Å²) < 4.78 is 5.80. The molecule has 2 N–H and O–H groups in total. The van der Waals surface area contributed by atoms with E-state index in [0.717, 1.165) is 25.0 Å². The Hall–Kier alpha value is -1.02. The first-order chi connectivity index (χ1) is 10.1. The summed E-state index contributed by atoms with van der Waals surface area (Å²) in [5, 5.41) is 0. The maximum absolute atomic E-state index is 6.18. The first-order valence-corrected chi connectivity index (χ1v) is 8.61. The largest absolute Gasteiger partial charge is 0.494 e. The Morgan fingerprint density at radius 2 is 1.73 bits per heavy atom. The lowest BCUT2D eigenvalue weighted by molar-refractivity contribution is 0.283. The van der Waals surface area contributed by atoms with Crippen molar-refractivity contribution in [2.75, 3.05) is 6.61 Å². The molecule has 0 radical (unpaired) electrons. The van der Waals surface area contributed by atoms with E-state index in [1.807, 2.05) is 6.92 Å². The van der Waals surface area contributed by atoms with Gasteiger partial charge in [0.2, 0.25) is 0 Å². The minimum atomic E-state index is 0.147. The molecule has 1 atom stereocenters. The van der Waals surface area contributed by atoms with Gasteiger partial charge in [0, 0.05) is 6.04 Å². The third kappa shape index (κ3) is 5.64. The van der Waals surface area contributed by atoms with Crippen molar-refractivity contribution in [1.82, 2.24) is 0 Å². The molecule has 1 unspecified atom stereocenters. The second-order valence-electron chi connectivity index (χ2n) is 8.25. The van der Waals surface area contributed by atoms with Crippen LogP contribution in [0.3, 0.4) is 0 Å². The SMILES string of the molecule is CCOc1ccc(C(C)(C)CC(C)(C)C)cc1CC(N)CC. The molecule has 0 spiro atoms. The molecule has 1 rings (SSSR count). The summed E-state index contributed by atoms with van der Waals surface area (Å²) in [5.41, 5.74) is 9.25. The average molecular weight is 306 g/mol. The first-order valence-electron chi connectivity index (χ1n) is 8.61. The van der Waals surface area contributed by atoms with E-state index in [-0.39, 0.29) is 11.5 Å². The van der Waals surface area contributed by atoms with Crippen LogP contribution in [0.4, 0.5) is 0 Å². The Balaban J connectivity index is 3.14. The van der Waals surface area contributed by atoms with Crippen molar-refractivity contribution >= 4 is 0 Å². The predicted molar refractivity (Wildman–Crippen MR) is 96.7 cm³/mol. The van der Waals surface area contributed by atoms with Crippen molar-refractivity contribution in [3.63, 3.8) is 0 Å². The fourth-order valence-electron chi connectivity index (χ4n) is 3.31. The zero-order valence-electron chi connectivity index (χ0n) is 15.6. The number of ether oxygens (including phenoxy) is 1. The Morgan fingerprint density at radius 1 is 1.09 bits per heavy atom. The molecular weight excluding hydrogens is 270 g/mol. The van der Waals surface area contributed by atoms with Crippen molar-refractivity contribution in [1.29, 1.82) is 0 Å². The molecule has 0 aliphatic carbocycles. The third-order valence-electron chi connectivity index (χ3n) is 4.12. The molecule has 1 aromatic carbocycles. The molecule has 0 saturated heterocycles. The Bertz CT molecular complexity index is 471. The van der Waals surface area contributed by atoms with Crippen LogP contribution in [0, 0.1) is 5.41 Å². The number of benzene rings is 1. The third-order valence-corrected chi connectivity index (χ3v) is 4.12. The minimum Gasteiger partial charge on any atom is -0.494 e. The molecule has 22 heavy (non-hydrogen) atoms. The number of rotatable bonds is 7. The first kappa shape index (κ1) is 19.0. The standard InChI is InChI=1S/C20H35NO/c1-8-17(21)13-15-12-16(10-11-18(15)22-9-2)20(6,7)14-19(3,4)5/h10-12,17H,8-9,13-14,21H2,1-7H3. The lowest BCUT2D eigenvalue weighted by Gasteiger charge is -2.33. The van der Waals surface area contributed by atoms with Crippen molar-refractivity contribution < 1.29 is 4.74 Å². The Labute approximate surface area is 137 Å². The van der Waals surface area contributed by atoms with E-state index in [1.54, 1.807) is 0 Å². The Morgan fingerprint density at radius 3 is 2.23 bits per heavy atom.